The Morgan fingerprint density at radius 2 is 1.94 bits per heavy atom. The Bertz CT molecular complexity index is 513. The van der Waals surface area contributed by atoms with Crippen LogP contribution in [0.15, 0.2) is 42.6 Å². The molecule has 1 N–H and O–H groups in total. The van der Waals surface area contributed by atoms with Crippen LogP contribution in [-0.2, 0) is 0 Å². The predicted molar refractivity (Wildman–Crippen MR) is 74.3 cm³/mol. The molecule has 0 amide bonds. The molecule has 2 rings (SSSR count). The van der Waals surface area contributed by atoms with Gasteiger partial charge in [0.25, 0.3) is 0 Å². The molecule has 1 heterocycles. The van der Waals surface area contributed by atoms with Crippen LogP contribution in [0.2, 0.25) is 5.02 Å². The van der Waals surface area contributed by atoms with E-state index in [0.717, 1.165) is 11.3 Å². The van der Waals surface area contributed by atoms with Crippen molar-refractivity contribution in [3.05, 3.63) is 53.2 Å². The molecule has 0 fully saturated rings. The summed E-state index contributed by atoms with van der Waals surface area (Å²) < 4.78 is 5.13. The Balaban J connectivity index is 2.11. The van der Waals surface area contributed by atoms with Gasteiger partial charge in [-0.15, -0.1) is 0 Å². The minimum atomic E-state index is 0.128. The molecule has 0 bridgehead atoms. The van der Waals surface area contributed by atoms with Crippen molar-refractivity contribution in [1.29, 1.82) is 0 Å². The van der Waals surface area contributed by atoms with Crippen LogP contribution in [0.3, 0.4) is 0 Å². The number of anilines is 1. The number of halogens is 1. The summed E-state index contributed by atoms with van der Waals surface area (Å²) in [5.74, 6) is 1.55. The van der Waals surface area contributed by atoms with Gasteiger partial charge in [0.2, 0.25) is 0 Å². The summed E-state index contributed by atoms with van der Waals surface area (Å²) in [4.78, 5) is 4.21. The van der Waals surface area contributed by atoms with E-state index in [1.54, 1.807) is 13.3 Å². The van der Waals surface area contributed by atoms with E-state index in [4.69, 9.17) is 16.3 Å². The van der Waals surface area contributed by atoms with E-state index >= 15 is 0 Å². The van der Waals surface area contributed by atoms with Gasteiger partial charge in [-0.1, -0.05) is 23.7 Å². The van der Waals surface area contributed by atoms with Crippen molar-refractivity contribution in [1.82, 2.24) is 4.98 Å². The number of aromatic nitrogens is 1. The highest BCUT2D eigenvalue weighted by molar-refractivity contribution is 6.32. The first kappa shape index (κ1) is 12.7. The summed E-state index contributed by atoms with van der Waals surface area (Å²) >= 11 is 6.06. The van der Waals surface area contributed by atoms with Crippen LogP contribution in [0.1, 0.15) is 18.5 Å². The van der Waals surface area contributed by atoms with Crippen LogP contribution in [0.5, 0.6) is 5.75 Å². The maximum atomic E-state index is 6.06. The molecular weight excluding hydrogens is 248 g/mol. The molecule has 1 aromatic heterocycles. The zero-order chi connectivity index (χ0) is 13.0. The standard InChI is InChI=1S/C14H15ClN2O/c1-10(11-5-7-12(18-2)8-6-11)17-14-13(15)4-3-9-16-14/h3-10H,1-2H3,(H,16,17). The average molecular weight is 263 g/mol. The van der Waals surface area contributed by atoms with E-state index in [1.165, 1.54) is 0 Å². The molecule has 3 nitrogen and oxygen atoms in total. The first-order valence-corrected chi connectivity index (χ1v) is 6.09. The number of ether oxygens (including phenoxy) is 1. The summed E-state index contributed by atoms with van der Waals surface area (Å²) in [6.45, 7) is 2.06. The van der Waals surface area contributed by atoms with E-state index in [2.05, 4.69) is 17.2 Å². The van der Waals surface area contributed by atoms with E-state index in [1.807, 2.05) is 36.4 Å². The number of benzene rings is 1. The molecule has 0 spiro atoms. The minimum Gasteiger partial charge on any atom is -0.497 e. The molecule has 18 heavy (non-hydrogen) atoms. The Kier molecular flexibility index (Phi) is 4.05. The number of methoxy groups -OCH3 is 1. The maximum absolute atomic E-state index is 6.06. The van der Waals surface area contributed by atoms with E-state index in [9.17, 15) is 0 Å². The Labute approximate surface area is 112 Å². The molecule has 1 aromatic carbocycles. The Morgan fingerprint density at radius 1 is 1.22 bits per heavy atom. The van der Waals surface area contributed by atoms with Crippen molar-refractivity contribution in [2.45, 2.75) is 13.0 Å². The van der Waals surface area contributed by atoms with Crippen LogP contribution in [0.4, 0.5) is 5.82 Å². The lowest BCUT2D eigenvalue weighted by Gasteiger charge is -2.16. The van der Waals surface area contributed by atoms with Gasteiger partial charge in [-0.05, 0) is 36.8 Å². The van der Waals surface area contributed by atoms with Crippen molar-refractivity contribution in [2.24, 2.45) is 0 Å². The second-order valence-electron chi connectivity index (χ2n) is 3.97. The highest BCUT2D eigenvalue weighted by Gasteiger charge is 2.08. The predicted octanol–water partition coefficient (Wildman–Crippen LogP) is 3.92. The van der Waals surface area contributed by atoms with Crippen LogP contribution in [-0.4, -0.2) is 12.1 Å². The van der Waals surface area contributed by atoms with Gasteiger partial charge < -0.3 is 10.1 Å². The molecule has 0 aliphatic rings. The van der Waals surface area contributed by atoms with Crippen molar-refractivity contribution in [2.75, 3.05) is 12.4 Å². The fourth-order valence-electron chi connectivity index (χ4n) is 1.67. The van der Waals surface area contributed by atoms with Crippen molar-refractivity contribution < 1.29 is 4.74 Å². The highest BCUT2D eigenvalue weighted by Crippen LogP contribution is 2.24. The third kappa shape index (κ3) is 2.93. The molecule has 94 valence electrons. The third-order valence-corrected chi connectivity index (χ3v) is 3.03. The lowest BCUT2D eigenvalue weighted by atomic mass is 10.1. The van der Waals surface area contributed by atoms with Gasteiger partial charge in [-0.2, -0.15) is 0 Å². The lowest BCUT2D eigenvalue weighted by molar-refractivity contribution is 0.414. The number of nitrogens with zero attached hydrogens (tertiary/aromatic N) is 1. The molecule has 0 aliphatic carbocycles. The molecule has 0 aliphatic heterocycles. The van der Waals surface area contributed by atoms with Gasteiger partial charge in [-0.3, -0.25) is 0 Å². The molecule has 0 radical (unpaired) electrons. The van der Waals surface area contributed by atoms with Crippen molar-refractivity contribution in [3.8, 4) is 5.75 Å². The molecule has 1 atom stereocenters. The quantitative estimate of drug-likeness (QED) is 0.907. The second kappa shape index (κ2) is 5.74. The van der Waals surface area contributed by atoms with Crippen molar-refractivity contribution in [3.63, 3.8) is 0 Å². The zero-order valence-electron chi connectivity index (χ0n) is 10.4. The van der Waals surface area contributed by atoms with Crippen molar-refractivity contribution >= 4 is 17.4 Å². The van der Waals surface area contributed by atoms with Crippen LogP contribution < -0.4 is 10.1 Å². The summed E-state index contributed by atoms with van der Waals surface area (Å²) in [7, 11) is 1.66. The van der Waals surface area contributed by atoms with Crippen LogP contribution in [0, 0.1) is 0 Å². The molecule has 0 saturated heterocycles. The van der Waals surface area contributed by atoms with Crippen LogP contribution >= 0.6 is 11.6 Å². The molecule has 0 saturated carbocycles. The Hall–Kier alpha value is -1.74. The third-order valence-electron chi connectivity index (χ3n) is 2.73. The normalized spacial score (nSPS) is 11.9. The second-order valence-corrected chi connectivity index (χ2v) is 4.38. The van der Waals surface area contributed by atoms with Gasteiger partial charge in [0.15, 0.2) is 0 Å². The molecular formula is C14H15ClN2O. The van der Waals surface area contributed by atoms with Crippen LogP contribution in [0.25, 0.3) is 0 Å². The maximum Gasteiger partial charge on any atom is 0.145 e. The van der Waals surface area contributed by atoms with Gasteiger partial charge in [0, 0.05) is 12.2 Å². The zero-order valence-corrected chi connectivity index (χ0v) is 11.1. The lowest BCUT2D eigenvalue weighted by Crippen LogP contribution is -2.08. The summed E-state index contributed by atoms with van der Waals surface area (Å²) in [6.07, 6.45) is 1.72. The average Bonchev–Trinajstić information content (AvgIpc) is 2.41. The number of hydrogen-bond donors (Lipinski definition) is 1. The van der Waals surface area contributed by atoms with E-state index in [0.29, 0.717) is 10.8 Å². The summed E-state index contributed by atoms with van der Waals surface area (Å²) in [5.41, 5.74) is 1.15. The van der Waals surface area contributed by atoms with E-state index in [-0.39, 0.29) is 6.04 Å². The fraction of sp³-hybridized carbons (Fsp3) is 0.214. The van der Waals surface area contributed by atoms with Gasteiger partial charge in [0.05, 0.1) is 12.1 Å². The first-order chi connectivity index (χ1) is 8.70. The van der Waals surface area contributed by atoms with Gasteiger partial charge >= 0.3 is 0 Å². The smallest absolute Gasteiger partial charge is 0.145 e. The minimum absolute atomic E-state index is 0.128. The Morgan fingerprint density at radius 3 is 2.56 bits per heavy atom. The topological polar surface area (TPSA) is 34.1 Å². The fourth-order valence-corrected chi connectivity index (χ4v) is 1.85. The van der Waals surface area contributed by atoms with E-state index < -0.39 is 0 Å². The number of rotatable bonds is 4. The molecule has 2 aromatic rings. The SMILES string of the molecule is COc1ccc(C(C)Nc2ncccc2Cl)cc1. The summed E-state index contributed by atoms with van der Waals surface area (Å²) in [6, 6.07) is 11.7. The number of pyridine rings is 1. The first-order valence-electron chi connectivity index (χ1n) is 5.71. The highest BCUT2D eigenvalue weighted by atomic mass is 35.5. The number of hydrogen-bond acceptors (Lipinski definition) is 3. The van der Waals surface area contributed by atoms with Gasteiger partial charge in [-0.25, -0.2) is 4.98 Å². The molecule has 1 unspecified atom stereocenters. The largest absolute Gasteiger partial charge is 0.497 e. The molecule has 4 heteroatoms. The number of nitrogens with one attached hydrogen (secondary N) is 1. The van der Waals surface area contributed by atoms with Gasteiger partial charge in [0.1, 0.15) is 11.6 Å². The monoisotopic (exact) mass is 262 g/mol. The summed E-state index contributed by atoms with van der Waals surface area (Å²) in [5, 5.41) is 3.90.